The first kappa shape index (κ1) is 16.3. The molecule has 116 valence electrons. The Hall–Kier alpha value is -2.12. The first-order chi connectivity index (χ1) is 10.4. The SMILES string of the molecule is C[C@H](Cl)C(=O)Nc1ccc(S(=O)(=O)Nc2ccccn2)cc1. The van der Waals surface area contributed by atoms with E-state index < -0.39 is 15.4 Å². The van der Waals surface area contributed by atoms with Crippen LogP contribution in [0.4, 0.5) is 11.5 Å². The zero-order valence-electron chi connectivity index (χ0n) is 11.7. The number of halogens is 1. The Kier molecular flexibility index (Phi) is 4.99. The van der Waals surface area contributed by atoms with Crippen LogP contribution in [0.1, 0.15) is 6.92 Å². The minimum atomic E-state index is -3.73. The first-order valence-electron chi connectivity index (χ1n) is 6.37. The monoisotopic (exact) mass is 339 g/mol. The minimum Gasteiger partial charge on any atom is -0.325 e. The molecular weight excluding hydrogens is 326 g/mol. The van der Waals surface area contributed by atoms with E-state index in [0.717, 1.165) is 0 Å². The van der Waals surface area contributed by atoms with Crippen molar-refractivity contribution in [3.8, 4) is 0 Å². The van der Waals surface area contributed by atoms with Crippen LogP contribution in [0, 0.1) is 0 Å². The molecule has 1 amide bonds. The van der Waals surface area contributed by atoms with E-state index in [1.165, 1.54) is 30.5 Å². The van der Waals surface area contributed by atoms with Crippen molar-refractivity contribution in [1.82, 2.24) is 4.98 Å². The lowest BCUT2D eigenvalue weighted by atomic mass is 10.3. The summed E-state index contributed by atoms with van der Waals surface area (Å²) in [6.07, 6.45) is 1.49. The molecule has 8 heteroatoms. The van der Waals surface area contributed by atoms with Gasteiger partial charge in [0.15, 0.2) is 0 Å². The van der Waals surface area contributed by atoms with Crippen LogP contribution >= 0.6 is 11.6 Å². The Morgan fingerprint density at radius 1 is 1.18 bits per heavy atom. The average molecular weight is 340 g/mol. The van der Waals surface area contributed by atoms with Gasteiger partial charge in [-0.25, -0.2) is 13.4 Å². The van der Waals surface area contributed by atoms with Gasteiger partial charge >= 0.3 is 0 Å². The van der Waals surface area contributed by atoms with E-state index in [0.29, 0.717) is 5.69 Å². The Morgan fingerprint density at radius 2 is 1.86 bits per heavy atom. The third kappa shape index (κ3) is 4.19. The van der Waals surface area contributed by atoms with Crippen molar-refractivity contribution in [2.75, 3.05) is 10.0 Å². The molecule has 0 saturated carbocycles. The van der Waals surface area contributed by atoms with Crippen LogP contribution in [0.15, 0.2) is 53.6 Å². The zero-order chi connectivity index (χ0) is 16.2. The fraction of sp³-hybridized carbons (Fsp3) is 0.143. The zero-order valence-corrected chi connectivity index (χ0v) is 13.2. The molecule has 0 aliphatic heterocycles. The molecule has 2 aromatic rings. The second-order valence-electron chi connectivity index (χ2n) is 4.45. The topological polar surface area (TPSA) is 88.2 Å². The minimum absolute atomic E-state index is 0.0649. The van der Waals surface area contributed by atoms with Crippen molar-refractivity contribution in [3.63, 3.8) is 0 Å². The molecule has 0 aliphatic rings. The first-order valence-corrected chi connectivity index (χ1v) is 8.29. The maximum atomic E-state index is 12.2. The highest BCUT2D eigenvalue weighted by Gasteiger charge is 2.15. The maximum absolute atomic E-state index is 12.2. The van der Waals surface area contributed by atoms with Crippen LogP contribution in [0.5, 0.6) is 0 Å². The fourth-order valence-corrected chi connectivity index (χ4v) is 2.64. The van der Waals surface area contributed by atoms with Gasteiger partial charge in [0.25, 0.3) is 10.0 Å². The molecule has 22 heavy (non-hydrogen) atoms. The Morgan fingerprint density at radius 3 is 2.41 bits per heavy atom. The predicted molar refractivity (Wildman–Crippen MR) is 85.4 cm³/mol. The summed E-state index contributed by atoms with van der Waals surface area (Å²) in [4.78, 5) is 15.4. The van der Waals surface area contributed by atoms with E-state index in [1.807, 2.05) is 0 Å². The van der Waals surface area contributed by atoms with Crippen LogP contribution < -0.4 is 10.0 Å². The molecule has 2 N–H and O–H groups in total. The van der Waals surface area contributed by atoms with Gasteiger partial charge in [0.1, 0.15) is 11.2 Å². The Balaban J connectivity index is 2.14. The van der Waals surface area contributed by atoms with E-state index in [9.17, 15) is 13.2 Å². The Labute approximate surface area is 133 Å². The number of hydrogen-bond donors (Lipinski definition) is 2. The highest BCUT2D eigenvalue weighted by Crippen LogP contribution is 2.17. The highest BCUT2D eigenvalue weighted by molar-refractivity contribution is 7.92. The second kappa shape index (κ2) is 6.76. The lowest BCUT2D eigenvalue weighted by Gasteiger charge is -2.09. The molecule has 0 aliphatic carbocycles. The van der Waals surface area contributed by atoms with E-state index in [-0.39, 0.29) is 16.6 Å². The van der Waals surface area contributed by atoms with E-state index in [2.05, 4.69) is 15.0 Å². The number of aromatic nitrogens is 1. The number of benzene rings is 1. The molecule has 1 aromatic heterocycles. The van der Waals surface area contributed by atoms with Crippen molar-refractivity contribution in [2.24, 2.45) is 0 Å². The number of amides is 1. The molecular formula is C14H14ClN3O3S. The summed E-state index contributed by atoms with van der Waals surface area (Å²) < 4.78 is 26.7. The standard InChI is InChI=1S/C14H14ClN3O3S/c1-10(15)14(19)17-11-5-7-12(8-6-11)22(20,21)18-13-4-2-3-9-16-13/h2-10H,1H3,(H,16,18)(H,17,19)/t10-/m0/s1. The summed E-state index contributed by atoms with van der Waals surface area (Å²) in [5.41, 5.74) is 0.467. The molecule has 0 bridgehead atoms. The summed E-state index contributed by atoms with van der Waals surface area (Å²) in [5.74, 6) is -0.125. The third-order valence-corrected chi connectivity index (χ3v) is 4.27. The average Bonchev–Trinajstić information content (AvgIpc) is 2.48. The summed E-state index contributed by atoms with van der Waals surface area (Å²) in [6, 6.07) is 10.7. The van der Waals surface area contributed by atoms with Gasteiger partial charge in [0.2, 0.25) is 5.91 Å². The lowest BCUT2D eigenvalue weighted by molar-refractivity contribution is -0.115. The number of pyridine rings is 1. The summed E-state index contributed by atoms with van der Waals surface area (Å²) in [5, 5.41) is 1.90. The van der Waals surface area contributed by atoms with Gasteiger partial charge in [-0.05, 0) is 43.3 Å². The van der Waals surface area contributed by atoms with Gasteiger partial charge in [-0.15, -0.1) is 11.6 Å². The second-order valence-corrected chi connectivity index (χ2v) is 6.79. The lowest BCUT2D eigenvalue weighted by Crippen LogP contribution is -2.20. The molecule has 0 unspecified atom stereocenters. The van der Waals surface area contributed by atoms with Gasteiger partial charge in [-0.3, -0.25) is 9.52 Å². The van der Waals surface area contributed by atoms with Crippen LogP contribution in [0.3, 0.4) is 0 Å². The number of nitrogens with one attached hydrogen (secondary N) is 2. The van der Waals surface area contributed by atoms with Crippen LogP contribution in [0.25, 0.3) is 0 Å². The van der Waals surface area contributed by atoms with Crippen molar-refractivity contribution in [3.05, 3.63) is 48.7 Å². The quantitative estimate of drug-likeness (QED) is 0.819. The summed E-state index contributed by atoms with van der Waals surface area (Å²) in [6.45, 7) is 1.55. The molecule has 1 aromatic carbocycles. The van der Waals surface area contributed by atoms with E-state index in [4.69, 9.17) is 11.6 Å². The van der Waals surface area contributed by atoms with Gasteiger partial charge in [0, 0.05) is 11.9 Å². The molecule has 0 fully saturated rings. The number of sulfonamides is 1. The van der Waals surface area contributed by atoms with E-state index >= 15 is 0 Å². The summed E-state index contributed by atoms with van der Waals surface area (Å²) in [7, 11) is -3.73. The molecule has 0 radical (unpaired) electrons. The fourth-order valence-electron chi connectivity index (χ4n) is 1.58. The van der Waals surface area contributed by atoms with Gasteiger partial charge < -0.3 is 5.32 Å². The number of alkyl halides is 1. The molecule has 0 spiro atoms. The van der Waals surface area contributed by atoms with Crippen LogP contribution in [-0.4, -0.2) is 24.7 Å². The van der Waals surface area contributed by atoms with Crippen LogP contribution in [0.2, 0.25) is 0 Å². The third-order valence-electron chi connectivity index (χ3n) is 2.70. The number of carbonyl (C=O) groups excluding carboxylic acids is 1. The molecule has 6 nitrogen and oxygen atoms in total. The van der Waals surface area contributed by atoms with Crippen molar-refractivity contribution in [1.29, 1.82) is 0 Å². The van der Waals surface area contributed by atoms with Crippen molar-refractivity contribution < 1.29 is 13.2 Å². The number of hydrogen-bond acceptors (Lipinski definition) is 4. The Bertz CT molecular complexity index is 747. The number of carbonyl (C=O) groups is 1. The van der Waals surface area contributed by atoms with Gasteiger partial charge in [-0.2, -0.15) is 0 Å². The maximum Gasteiger partial charge on any atom is 0.263 e. The molecule has 2 rings (SSSR count). The number of nitrogens with zero attached hydrogens (tertiary/aromatic N) is 1. The van der Waals surface area contributed by atoms with Crippen LogP contribution in [-0.2, 0) is 14.8 Å². The smallest absolute Gasteiger partial charge is 0.263 e. The van der Waals surface area contributed by atoms with Crippen molar-refractivity contribution in [2.45, 2.75) is 17.2 Å². The van der Waals surface area contributed by atoms with Gasteiger partial charge in [0.05, 0.1) is 4.90 Å². The van der Waals surface area contributed by atoms with E-state index in [1.54, 1.807) is 25.1 Å². The molecule has 1 atom stereocenters. The van der Waals surface area contributed by atoms with Crippen molar-refractivity contribution >= 4 is 39.0 Å². The molecule has 1 heterocycles. The largest absolute Gasteiger partial charge is 0.325 e. The number of anilines is 2. The number of rotatable bonds is 5. The van der Waals surface area contributed by atoms with Gasteiger partial charge in [-0.1, -0.05) is 6.07 Å². The molecule has 0 saturated heterocycles. The summed E-state index contributed by atoms with van der Waals surface area (Å²) >= 11 is 5.65. The normalized spacial score (nSPS) is 12.5. The highest BCUT2D eigenvalue weighted by atomic mass is 35.5. The predicted octanol–water partition coefficient (Wildman–Crippen LogP) is 2.45.